The second-order valence-electron chi connectivity index (χ2n) is 6.44. The van der Waals surface area contributed by atoms with Gasteiger partial charge in [-0.3, -0.25) is 4.99 Å². The van der Waals surface area contributed by atoms with Gasteiger partial charge in [0.25, 0.3) is 0 Å². The van der Waals surface area contributed by atoms with E-state index in [9.17, 15) is 0 Å². The van der Waals surface area contributed by atoms with E-state index in [1.165, 1.54) is 0 Å². The van der Waals surface area contributed by atoms with Crippen LogP contribution in [0.4, 0.5) is 0 Å². The molecule has 1 fully saturated rings. The van der Waals surface area contributed by atoms with Crippen LogP contribution in [0, 0.1) is 5.92 Å². The Kier molecular flexibility index (Phi) is 10.1. The van der Waals surface area contributed by atoms with E-state index in [1.54, 1.807) is 13.1 Å². The molecule has 0 atom stereocenters. The molecule has 5 nitrogen and oxygen atoms in total. The maximum absolute atomic E-state index is 6.02. The predicted molar refractivity (Wildman–Crippen MR) is 109 cm³/mol. The van der Waals surface area contributed by atoms with Crippen molar-refractivity contribution in [3.8, 4) is 0 Å². The van der Waals surface area contributed by atoms with Gasteiger partial charge in [-0.05, 0) is 55.4 Å². The molecular formula is C19H29Cl2N3O2. The Morgan fingerprint density at radius 1 is 1.15 bits per heavy atom. The summed E-state index contributed by atoms with van der Waals surface area (Å²) in [4.78, 5) is 4.23. The maximum atomic E-state index is 6.02. The number of aliphatic imine (C=N–C) groups is 1. The lowest BCUT2D eigenvalue weighted by Gasteiger charge is -2.21. The van der Waals surface area contributed by atoms with Crippen LogP contribution in [0.1, 0.15) is 24.8 Å². The smallest absolute Gasteiger partial charge is 0.190 e. The van der Waals surface area contributed by atoms with Crippen LogP contribution in [0.15, 0.2) is 23.2 Å². The molecule has 1 heterocycles. The van der Waals surface area contributed by atoms with E-state index < -0.39 is 0 Å². The third-order valence-electron chi connectivity index (χ3n) is 4.30. The Balaban J connectivity index is 1.53. The van der Waals surface area contributed by atoms with Crippen LogP contribution < -0.4 is 10.6 Å². The summed E-state index contributed by atoms with van der Waals surface area (Å²) < 4.78 is 11.1. The normalized spacial score (nSPS) is 15.9. The van der Waals surface area contributed by atoms with E-state index in [-0.39, 0.29) is 0 Å². The molecule has 1 aliphatic heterocycles. The quantitative estimate of drug-likeness (QED) is 0.377. The zero-order chi connectivity index (χ0) is 18.6. The number of guanidine groups is 1. The van der Waals surface area contributed by atoms with Crippen molar-refractivity contribution < 1.29 is 9.47 Å². The number of nitrogens with zero attached hydrogens (tertiary/aromatic N) is 1. The van der Waals surface area contributed by atoms with E-state index in [2.05, 4.69) is 15.6 Å². The first-order chi connectivity index (χ1) is 12.7. The number of halogens is 2. The molecule has 7 heteroatoms. The van der Waals surface area contributed by atoms with E-state index in [0.29, 0.717) is 16.0 Å². The van der Waals surface area contributed by atoms with Gasteiger partial charge >= 0.3 is 0 Å². The molecule has 0 bridgehead atoms. The molecule has 0 aliphatic carbocycles. The number of ether oxygens (including phenoxy) is 2. The highest BCUT2D eigenvalue weighted by atomic mass is 35.5. The molecule has 26 heavy (non-hydrogen) atoms. The van der Waals surface area contributed by atoms with Gasteiger partial charge in [0.05, 0.1) is 0 Å². The van der Waals surface area contributed by atoms with Crippen molar-refractivity contribution in [1.82, 2.24) is 10.6 Å². The fraction of sp³-hybridized carbons (Fsp3) is 0.632. The lowest BCUT2D eigenvalue weighted by atomic mass is 10.0. The summed E-state index contributed by atoms with van der Waals surface area (Å²) in [5, 5.41) is 7.93. The second-order valence-corrected chi connectivity index (χ2v) is 7.31. The molecular weight excluding hydrogens is 373 g/mol. The minimum atomic E-state index is 0.658. The Labute approximate surface area is 166 Å². The summed E-state index contributed by atoms with van der Waals surface area (Å²) in [6.45, 7) is 4.95. The van der Waals surface area contributed by atoms with Crippen molar-refractivity contribution in [3.05, 3.63) is 33.8 Å². The van der Waals surface area contributed by atoms with E-state index in [4.69, 9.17) is 32.7 Å². The number of nitrogens with one attached hydrogen (secondary N) is 2. The van der Waals surface area contributed by atoms with Crippen LogP contribution in [0.2, 0.25) is 10.0 Å². The van der Waals surface area contributed by atoms with Crippen molar-refractivity contribution >= 4 is 29.2 Å². The molecule has 146 valence electrons. The van der Waals surface area contributed by atoms with Crippen molar-refractivity contribution in [2.75, 3.05) is 46.6 Å². The van der Waals surface area contributed by atoms with Crippen LogP contribution >= 0.6 is 23.2 Å². The van der Waals surface area contributed by atoms with Gasteiger partial charge < -0.3 is 20.1 Å². The first-order valence-corrected chi connectivity index (χ1v) is 9.98. The highest BCUT2D eigenvalue weighted by molar-refractivity contribution is 6.34. The molecule has 2 N–H and O–H groups in total. The number of rotatable bonds is 9. The first-order valence-electron chi connectivity index (χ1n) is 9.22. The molecule has 1 aliphatic rings. The van der Waals surface area contributed by atoms with Crippen LogP contribution in [-0.4, -0.2) is 52.5 Å². The Hall–Kier alpha value is -1.01. The average Bonchev–Trinajstić information content (AvgIpc) is 2.63. The molecule has 2 rings (SSSR count). The van der Waals surface area contributed by atoms with Gasteiger partial charge in [-0.25, -0.2) is 0 Å². The fourth-order valence-corrected chi connectivity index (χ4v) is 3.42. The number of hydrogen-bond acceptors (Lipinski definition) is 3. The van der Waals surface area contributed by atoms with E-state index >= 15 is 0 Å². The summed E-state index contributed by atoms with van der Waals surface area (Å²) in [6.07, 6.45) is 4.02. The molecule has 1 aromatic carbocycles. The SMILES string of the molecule is CN=C(NCCCOCC1CCOCC1)NCCc1cc(Cl)cc(Cl)c1. The average molecular weight is 402 g/mol. The zero-order valence-corrected chi connectivity index (χ0v) is 16.9. The van der Waals surface area contributed by atoms with Crippen molar-refractivity contribution in [3.63, 3.8) is 0 Å². The summed E-state index contributed by atoms with van der Waals surface area (Å²) in [5.74, 6) is 1.45. The van der Waals surface area contributed by atoms with Gasteiger partial charge in [0, 0.05) is 56.6 Å². The number of hydrogen-bond donors (Lipinski definition) is 2. The second kappa shape index (κ2) is 12.4. The fourth-order valence-electron chi connectivity index (χ4n) is 2.85. The van der Waals surface area contributed by atoms with Gasteiger partial charge in [-0.2, -0.15) is 0 Å². The van der Waals surface area contributed by atoms with Crippen LogP contribution in [0.5, 0.6) is 0 Å². The summed E-state index contributed by atoms with van der Waals surface area (Å²) in [6, 6.07) is 5.60. The van der Waals surface area contributed by atoms with Gasteiger partial charge in [-0.1, -0.05) is 23.2 Å². The van der Waals surface area contributed by atoms with Crippen LogP contribution in [-0.2, 0) is 15.9 Å². The van der Waals surface area contributed by atoms with E-state index in [1.807, 2.05) is 12.1 Å². The largest absolute Gasteiger partial charge is 0.381 e. The first kappa shape index (κ1) is 21.3. The molecule has 0 unspecified atom stereocenters. The monoisotopic (exact) mass is 401 g/mol. The van der Waals surface area contributed by atoms with Gasteiger partial charge in [-0.15, -0.1) is 0 Å². The number of benzene rings is 1. The maximum Gasteiger partial charge on any atom is 0.190 e. The molecule has 0 spiro atoms. The van der Waals surface area contributed by atoms with Crippen molar-refractivity contribution in [2.45, 2.75) is 25.7 Å². The summed E-state index contributed by atoms with van der Waals surface area (Å²) in [5.41, 5.74) is 1.10. The highest BCUT2D eigenvalue weighted by Crippen LogP contribution is 2.19. The summed E-state index contributed by atoms with van der Waals surface area (Å²) in [7, 11) is 1.77. The van der Waals surface area contributed by atoms with Crippen molar-refractivity contribution in [1.29, 1.82) is 0 Å². The highest BCUT2D eigenvalue weighted by Gasteiger charge is 2.13. The Morgan fingerprint density at radius 3 is 2.54 bits per heavy atom. The van der Waals surface area contributed by atoms with Gasteiger partial charge in [0.2, 0.25) is 0 Å². The molecule has 0 amide bonds. The third kappa shape index (κ3) is 8.58. The molecule has 0 aromatic heterocycles. The van der Waals surface area contributed by atoms with E-state index in [0.717, 1.165) is 76.7 Å². The minimum Gasteiger partial charge on any atom is -0.381 e. The Bertz CT molecular complexity index is 543. The van der Waals surface area contributed by atoms with Gasteiger partial charge in [0.15, 0.2) is 5.96 Å². The molecule has 0 radical (unpaired) electrons. The lowest BCUT2D eigenvalue weighted by Crippen LogP contribution is -2.39. The molecule has 1 aromatic rings. The van der Waals surface area contributed by atoms with Crippen LogP contribution in [0.3, 0.4) is 0 Å². The molecule has 0 saturated carbocycles. The Morgan fingerprint density at radius 2 is 1.85 bits per heavy atom. The third-order valence-corrected chi connectivity index (χ3v) is 4.74. The van der Waals surface area contributed by atoms with Crippen molar-refractivity contribution in [2.24, 2.45) is 10.9 Å². The predicted octanol–water partition coefficient (Wildman–Crippen LogP) is 3.53. The standard InChI is InChI=1S/C19H29Cl2N3O2/c1-22-19(24-7-3-16-11-17(20)13-18(21)12-16)23-6-2-8-26-14-15-4-9-25-10-5-15/h11-13,15H,2-10,14H2,1H3,(H2,22,23,24). The minimum absolute atomic E-state index is 0.658. The van der Waals surface area contributed by atoms with Crippen LogP contribution in [0.25, 0.3) is 0 Å². The van der Waals surface area contributed by atoms with Gasteiger partial charge in [0.1, 0.15) is 0 Å². The summed E-state index contributed by atoms with van der Waals surface area (Å²) >= 11 is 12.0. The topological polar surface area (TPSA) is 54.9 Å². The lowest BCUT2D eigenvalue weighted by molar-refractivity contribution is 0.0203. The zero-order valence-electron chi connectivity index (χ0n) is 15.4. The molecule has 1 saturated heterocycles.